The lowest BCUT2D eigenvalue weighted by molar-refractivity contribution is -0.318. The molecule has 0 bridgehead atoms. The number of ether oxygens (including phenoxy) is 12. The second-order valence-corrected chi connectivity index (χ2v) is 42.3. The lowest BCUT2D eigenvalue weighted by Gasteiger charge is -2.48. The average molecular weight is 1880 g/mol. The highest BCUT2D eigenvalue weighted by Crippen LogP contribution is 2.45. The van der Waals surface area contributed by atoms with E-state index in [1.807, 2.05) is 112 Å². The molecule has 0 spiro atoms. The van der Waals surface area contributed by atoms with Gasteiger partial charge in [0.2, 0.25) is 0 Å². The molecular weight excluding hydrogens is 1710 g/mol. The van der Waals surface area contributed by atoms with Crippen molar-refractivity contribution in [3.8, 4) is 0 Å². The molecule has 6 saturated heterocycles. The van der Waals surface area contributed by atoms with Crippen LogP contribution in [0.25, 0.3) is 21.5 Å². The van der Waals surface area contributed by atoms with Gasteiger partial charge >= 0.3 is 11.9 Å². The van der Waals surface area contributed by atoms with E-state index in [-0.39, 0.29) is 74.7 Å². The van der Waals surface area contributed by atoms with Crippen LogP contribution < -0.4 is 5.32 Å². The van der Waals surface area contributed by atoms with E-state index in [0.717, 1.165) is 25.9 Å². The predicted octanol–water partition coefficient (Wildman–Crippen LogP) is 9.55. The van der Waals surface area contributed by atoms with Gasteiger partial charge in [-0.2, -0.15) is 0 Å². The molecule has 6 aliphatic rings. The summed E-state index contributed by atoms with van der Waals surface area (Å²) in [4.78, 5) is 39.6. The number of hydrogen-bond acceptors (Lipinski definition) is 30. The van der Waals surface area contributed by atoms with Gasteiger partial charge in [0, 0.05) is 89.2 Å². The number of likely N-dealkylation sites (N-methyl/N-ethyl adjacent to an activating group) is 2. The highest BCUT2D eigenvalue weighted by atomic mass is 16.7. The van der Waals surface area contributed by atoms with Gasteiger partial charge < -0.3 is 128 Å². The number of carbonyl (C=O) groups excluding carboxylic acids is 2. The van der Waals surface area contributed by atoms with Crippen molar-refractivity contribution >= 4 is 33.5 Å². The van der Waals surface area contributed by atoms with E-state index in [0.29, 0.717) is 52.1 Å². The number of methoxy groups -OCH3 is 2. The Morgan fingerprint density at radius 1 is 0.474 bits per heavy atom. The fourth-order valence-corrected chi connectivity index (χ4v) is 22.2. The first-order chi connectivity index (χ1) is 62.3. The third-order valence-corrected chi connectivity index (χ3v) is 30.4. The highest BCUT2D eigenvalue weighted by Gasteiger charge is 2.57. The maximum absolute atomic E-state index is 14.6. The largest absolute Gasteiger partial charge is 0.459 e. The number of esters is 2. The van der Waals surface area contributed by atoms with Crippen LogP contribution in [0.1, 0.15) is 214 Å². The van der Waals surface area contributed by atoms with Gasteiger partial charge in [0.15, 0.2) is 25.2 Å². The number of nitrogens with one attached hydrogen (secondary N) is 1. The van der Waals surface area contributed by atoms with Crippen molar-refractivity contribution in [2.45, 2.75) is 396 Å². The quantitative estimate of drug-likeness (QED) is 0.0206. The summed E-state index contributed by atoms with van der Waals surface area (Å²) in [6, 6.07) is 27.6. The third-order valence-electron chi connectivity index (χ3n) is 30.4. The van der Waals surface area contributed by atoms with Crippen molar-refractivity contribution in [1.29, 1.82) is 0 Å². The van der Waals surface area contributed by atoms with Gasteiger partial charge in [-0.3, -0.25) is 19.4 Å². The third kappa shape index (κ3) is 27.6. The first-order valence-electron chi connectivity index (χ1n) is 49.2. The van der Waals surface area contributed by atoms with Gasteiger partial charge in [-0.1, -0.05) is 126 Å². The Labute approximate surface area is 793 Å². The van der Waals surface area contributed by atoms with Crippen molar-refractivity contribution in [3.05, 3.63) is 96.1 Å². The van der Waals surface area contributed by atoms with E-state index in [9.17, 15) is 60.7 Å². The van der Waals surface area contributed by atoms with E-state index in [1.54, 1.807) is 69.2 Å². The molecule has 30 heteroatoms. The monoisotopic (exact) mass is 1880 g/mol. The highest BCUT2D eigenvalue weighted by molar-refractivity contribution is 5.86. The minimum absolute atomic E-state index is 0.121. The number of carbonyl (C=O) groups is 2. The Kier molecular flexibility index (Phi) is 40.5. The predicted molar refractivity (Wildman–Crippen MR) is 511 cm³/mol. The summed E-state index contributed by atoms with van der Waals surface area (Å²) < 4.78 is 76.5. The van der Waals surface area contributed by atoms with Crippen molar-refractivity contribution in [2.24, 2.45) is 35.5 Å². The number of aliphatic hydroxyl groups excluding tert-OH is 6. The van der Waals surface area contributed by atoms with Crippen molar-refractivity contribution < 1.29 is 117 Å². The molecule has 758 valence electrons. The molecule has 0 radical (unpaired) electrons. The fourth-order valence-electron chi connectivity index (χ4n) is 22.2. The zero-order valence-electron chi connectivity index (χ0n) is 85.1. The van der Waals surface area contributed by atoms with E-state index in [2.05, 4.69) is 93.8 Å². The molecule has 0 aromatic heterocycles. The maximum Gasteiger partial charge on any atom is 0.311 e. The molecule has 30 nitrogen and oxygen atoms in total. The first kappa shape index (κ1) is 112. The molecule has 133 heavy (non-hydrogen) atoms. The molecule has 10 rings (SSSR count). The second-order valence-electron chi connectivity index (χ2n) is 42.3. The SMILES string of the molecule is CC[C@H]1OC(=O)[C@H](C)[C@@H](O[C@H]2C[C@@](C)(OC)[C@@H](O)[C@H](C)O2)[C@H](C)[C@@H](O[C@@H]2O[C@H](C)C[C@H](N(C)C)[C@H]2O)[C@](C)(O)C[C@@H](C)CN(CCCN(C)Cc2cccc3ccccc23)[C@H](C)[C@@H](O)[C@]1(C)O.CC[C@H]1OC(=O)[C@H](C)[C@@H](O[C@H]2C[C@@](C)(OC)[C@@H](O)[C@H](C)O2)[C@H](C)[C@@H](O[C@@H]2O[C@H](C)C[C@H](N(C)C)[C@H]2O)[C@](C)(O)C[C@@H](C)CN(CCCNCc2cccc3ccccc23)[C@H](C)[C@@H](O)[C@]1(C)O. The summed E-state index contributed by atoms with van der Waals surface area (Å²) in [6.07, 6.45) is -15.6. The van der Waals surface area contributed by atoms with E-state index in [1.165, 1.54) is 60.7 Å². The Hall–Kier alpha value is -4.70. The minimum Gasteiger partial charge on any atom is -0.459 e. The fraction of sp³-hybridized carbons (Fsp3) is 0.786. The number of hydrogen-bond donors (Lipinski definition) is 11. The molecule has 0 amide bonds. The lowest BCUT2D eigenvalue weighted by atomic mass is 9.77. The van der Waals surface area contributed by atoms with Crippen LogP contribution in [0.15, 0.2) is 84.9 Å². The Balaban J connectivity index is 0.000000299. The van der Waals surface area contributed by atoms with Crippen LogP contribution in [0.2, 0.25) is 0 Å². The number of cyclic esters (lactones) is 2. The summed E-state index contributed by atoms with van der Waals surface area (Å²) in [5.74, 6) is -5.40. The maximum atomic E-state index is 14.6. The molecule has 11 N–H and O–H groups in total. The van der Waals surface area contributed by atoms with Crippen LogP contribution in [0.4, 0.5) is 0 Å². The minimum atomic E-state index is -1.86. The molecular formula is C103H172N6O24. The van der Waals surface area contributed by atoms with Crippen molar-refractivity contribution in [2.75, 3.05) is 88.7 Å². The normalized spacial score (nSPS) is 41.4. The van der Waals surface area contributed by atoms with Crippen LogP contribution in [-0.2, 0) is 79.5 Å². The topological polar surface area (TPSA) is 375 Å². The molecule has 0 saturated carbocycles. The Bertz CT molecular complexity index is 4220. The van der Waals surface area contributed by atoms with Gasteiger partial charge in [0.05, 0.1) is 83.1 Å². The zero-order chi connectivity index (χ0) is 98.6. The van der Waals surface area contributed by atoms with Crippen LogP contribution in [-0.4, -0.2) is 357 Å². The molecule has 0 aliphatic carbocycles. The number of benzene rings is 4. The molecule has 6 fully saturated rings. The molecule has 36 atom stereocenters. The average Bonchev–Trinajstić information content (AvgIpc) is 1.76. The van der Waals surface area contributed by atoms with Gasteiger partial charge in [-0.05, 0) is 254 Å². The molecule has 4 aromatic carbocycles. The summed E-state index contributed by atoms with van der Waals surface area (Å²) in [6.45, 7) is 40.7. The summed E-state index contributed by atoms with van der Waals surface area (Å²) >= 11 is 0. The number of aliphatic hydroxyl groups is 10. The number of fused-ring (bicyclic) bond motifs is 2. The van der Waals surface area contributed by atoms with Crippen LogP contribution in [0.5, 0.6) is 0 Å². The summed E-state index contributed by atoms with van der Waals surface area (Å²) in [7, 11) is 12.7. The number of rotatable bonds is 26. The molecule has 4 aromatic rings. The van der Waals surface area contributed by atoms with Crippen LogP contribution >= 0.6 is 0 Å². The Morgan fingerprint density at radius 2 is 0.850 bits per heavy atom. The van der Waals surface area contributed by atoms with E-state index in [4.69, 9.17) is 56.8 Å². The first-order valence-corrected chi connectivity index (χ1v) is 49.2. The zero-order valence-corrected chi connectivity index (χ0v) is 85.1. The summed E-state index contributed by atoms with van der Waals surface area (Å²) in [5, 5.41) is 129. The van der Waals surface area contributed by atoms with Gasteiger partial charge in [-0.25, -0.2) is 0 Å². The van der Waals surface area contributed by atoms with E-state index < -0.39 is 192 Å². The van der Waals surface area contributed by atoms with Gasteiger partial charge in [0.1, 0.15) is 60.0 Å². The summed E-state index contributed by atoms with van der Waals surface area (Å²) in [5.41, 5.74) is -6.57. The van der Waals surface area contributed by atoms with Gasteiger partial charge in [-0.15, -0.1) is 0 Å². The standard InChI is InChI=1S/C52H87N3O12.C51H85N3O12/c1-15-41-52(10,61)45(57)35(6)55(25-19-24-54(13)30-38-22-18-21-37-20-16-17-23-39(37)38)29-31(2)27-50(8,60)47(67-49-43(56)40(53(11)12)26-32(3)63-49)33(4)44(34(5)48(59)65-41)66-42-28-51(9,62-14)46(58)36(7)64-42;1-14-40-51(10,60)44(56)34(6)54(24-18-23-52-28-37-21-17-20-36-19-15-16-22-38(36)37)29-30(2)26-49(8,59)46(66-48-42(55)39(53(11)12)25-31(3)62-48)32(4)43(33(5)47(58)64-40)65-41-27-50(9,61-13)45(57)35(7)63-41/h16-18,20-23,31-36,40-47,49,56-58,60-61H,15,19,24-30H2,1-14H3;15-17,19-22,30-35,39-46,48,52,55-57,59-60H,14,18,23-29H2,1-13H3/t31-,32-,33+,34-,35-,36+,40+,41-,42+,43-,44+,45-,46+,47-,49+,50-,51-,52-;30-,31-,32+,33-,34-,35+,39+,40-,41+,42-,43+,44-,45+,46-,48+,49-,50-,51-/m11/s1. The number of nitrogens with zero attached hydrogens (tertiary/aromatic N) is 5. The molecule has 0 unspecified atom stereocenters. The van der Waals surface area contributed by atoms with Crippen LogP contribution in [0, 0.1) is 35.5 Å². The van der Waals surface area contributed by atoms with Crippen molar-refractivity contribution in [1.82, 2.24) is 29.8 Å². The van der Waals surface area contributed by atoms with Gasteiger partial charge in [0.25, 0.3) is 0 Å². The molecule has 6 aliphatic heterocycles. The smallest absolute Gasteiger partial charge is 0.311 e. The van der Waals surface area contributed by atoms with Crippen molar-refractivity contribution in [3.63, 3.8) is 0 Å². The Morgan fingerprint density at radius 3 is 1.24 bits per heavy atom. The second kappa shape index (κ2) is 48.2. The lowest BCUT2D eigenvalue weighted by Crippen LogP contribution is -2.60. The van der Waals surface area contributed by atoms with Crippen LogP contribution in [0.3, 0.4) is 0 Å². The van der Waals surface area contributed by atoms with E-state index >= 15 is 0 Å². The molecule has 6 heterocycles.